The SMILES string of the molecule is CCCCCCCCCCCCCCCCOc1ccc(N2CCN(c3ccc(OCCCCCCCCCCCCCCCC)cc3)CC2)cc1. The van der Waals surface area contributed by atoms with Crippen LogP contribution < -0.4 is 19.3 Å². The van der Waals surface area contributed by atoms with Crippen LogP contribution in [0.25, 0.3) is 0 Å². The van der Waals surface area contributed by atoms with Gasteiger partial charge in [-0.05, 0) is 61.4 Å². The van der Waals surface area contributed by atoms with Crippen molar-refractivity contribution in [2.24, 2.45) is 0 Å². The number of benzene rings is 2. The van der Waals surface area contributed by atoms with Crippen LogP contribution >= 0.6 is 0 Å². The van der Waals surface area contributed by atoms with Crippen molar-refractivity contribution in [1.29, 1.82) is 0 Å². The van der Waals surface area contributed by atoms with Crippen LogP contribution in [-0.4, -0.2) is 39.4 Å². The van der Waals surface area contributed by atoms with Gasteiger partial charge in [0.15, 0.2) is 0 Å². The lowest BCUT2D eigenvalue weighted by Gasteiger charge is -2.37. The number of hydrogen-bond donors (Lipinski definition) is 0. The summed E-state index contributed by atoms with van der Waals surface area (Å²) in [7, 11) is 0. The van der Waals surface area contributed by atoms with Gasteiger partial charge in [0.25, 0.3) is 0 Å². The number of hydrogen-bond acceptors (Lipinski definition) is 4. The molecule has 4 heteroatoms. The van der Waals surface area contributed by atoms with E-state index >= 15 is 0 Å². The van der Waals surface area contributed by atoms with Crippen LogP contribution in [0.4, 0.5) is 11.4 Å². The summed E-state index contributed by atoms with van der Waals surface area (Å²) < 4.78 is 12.2. The average Bonchev–Trinajstić information content (AvgIpc) is 3.18. The van der Waals surface area contributed by atoms with Gasteiger partial charge in [-0.2, -0.15) is 0 Å². The van der Waals surface area contributed by atoms with Crippen molar-refractivity contribution < 1.29 is 9.47 Å². The molecule has 1 saturated heterocycles. The van der Waals surface area contributed by atoms with Gasteiger partial charge in [-0.15, -0.1) is 0 Å². The number of rotatable bonds is 34. The molecule has 0 radical (unpaired) electrons. The highest BCUT2D eigenvalue weighted by Gasteiger charge is 2.18. The highest BCUT2D eigenvalue weighted by molar-refractivity contribution is 5.54. The maximum absolute atomic E-state index is 6.08. The normalized spacial score (nSPS) is 13.2. The van der Waals surface area contributed by atoms with Crippen LogP contribution in [-0.2, 0) is 0 Å². The molecule has 1 aliphatic rings. The van der Waals surface area contributed by atoms with E-state index in [1.165, 1.54) is 178 Å². The number of unbranched alkanes of at least 4 members (excludes halogenated alkanes) is 26. The predicted molar refractivity (Wildman–Crippen MR) is 229 cm³/mol. The first kappa shape index (κ1) is 44.0. The summed E-state index contributed by atoms with van der Waals surface area (Å²) in [6.07, 6.45) is 38.9. The first-order valence-electron chi connectivity index (χ1n) is 22.8. The summed E-state index contributed by atoms with van der Waals surface area (Å²) in [6, 6.07) is 17.6. The third kappa shape index (κ3) is 21.4. The van der Waals surface area contributed by atoms with Gasteiger partial charge >= 0.3 is 0 Å². The number of anilines is 2. The fraction of sp³-hybridized carbons (Fsp3) is 0.750. The Morgan fingerprint density at radius 3 is 0.808 bits per heavy atom. The highest BCUT2D eigenvalue weighted by Crippen LogP contribution is 2.25. The minimum Gasteiger partial charge on any atom is -0.494 e. The Labute approximate surface area is 322 Å². The minimum atomic E-state index is 0.833. The highest BCUT2D eigenvalue weighted by atomic mass is 16.5. The zero-order valence-corrected chi connectivity index (χ0v) is 34.4. The molecule has 1 heterocycles. The van der Waals surface area contributed by atoms with Gasteiger partial charge in [-0.3, -0.25) is 0 Å². The fourth-order valence-corrected chi connectivity index (χ4v) is 7.70. The largest absolute Gasteiger partial charge is 0.494 e. The van der Waals surface area contributed by atoms with E-state index in [1.807, 2.05) is 0 Å². The zero-order chi connectivity index (χ0) is 36.6. The Kier molecular flexibility index (Phi) is 26.3. The molecule has 1 aliphatic heterocycles. The number of piperazine rings is 1. The van der Waals surface area contributed by atoms with Gasteiger partial charge in [0.05, 0.1) is 13.2 Å². The molecular weight excluding hydrogens is 637 g/mol. The summed E-state index contributed by atoms with van der Waals surface area (Å²) in [5.41, 5.74) is 2.60. The summed E-state index contributed by atoms with van der Waals surface area (Å²) in [4.78, 5) is 5.00. The number of ether oxygens (including phenoxy) is 2. The molecule has 52 heavy (non-hydrogen) atoms. The van der Waals surface area contributed by atoms with Crippen molar-refractivity contribution in [3.05, 3.63) is 48.5 Å². The zero-order valence-electron chi connectivity index (χ0n) is 34.4. The van der Waals surface area contributed by atoms with Crippen molar-refractivity contribution in [1.82, 2.24) is 0 Å². The molecule has 0 spiro atoms. The lowest BCUT2D eigenvalue weighted by molar-refractivity contribution is 0.304. The van der Waals surface area contributed by atoms with Crippen LogP contribution in [0.3, 0.4) is 0 Å². The second kappa shape index (κ2) is 31.0. The third-order valence-corrected chi connectivity index (χ3v) is 11.2. The standard InChI is InChI=1S/C48H82N2O2/c1-3-5-7-9-11-13-15-17-19-21-23-25-27-29-43-51-47-35-31-45(32-36-47)49-39-41-50(42-40-49)46-33-37-48(38-34-46)52-44-30-28-26-24-22-20-18-16-14-12-10-8-6-4-2/h31-38H,3-30,39-44H2,1-2H3. The third-order valence-electron chi connectivity index (χ3n) is 11.2. The Bertz CT molecular complexity index is 962. The van der Waals surface area contributed by atoms with Gasteiger partial charge in [-0.1, -0.05) is 181 Å². The maximum Gasteiger partial charge on any atom is 0.119 e. The van der Waals surface area contributed by atoms with E-state index in [-0.39, 0.29) is 0 Å². The quantitative estimate of drug-likeness (QED) is 0.0673. The molecule has 0 saturated carbocycles. The molecular formula is C48H82N2O2. The van der Waals surface area contributed by atoms with Crippen LogP contribution in [0.5, 0.6) is 11.5 Å². The molecule has 2 aromatic carbocycles. The smallest absolute Gasteiger partial charge is 0.119 e. The molecule has 0 aromatic heterocycles. The van der Waals surface area contributed by atoms with Gasteiger partial charge in [0.2, 0.25) is 0 Å². The Morgan fingerprint density at radius 1 is 0.327 bits per heavy atom. The van der Waals surface area contributed by atoms with E-state index in [2.05, 4.69) is 72.2 Å². The summed E-state index contributed by atoms with van der Waals surface area (Å²) >= 11 is 0. The van der Waals surface area contributed by atoms with Gasteiger partial charge in [-0.25, -0.2) is 0 Å². The summed E-state index contributed by atoms with van der Waals surface area (Å²) in [6.45, 7) is 10.4. The monoisotopic (exact) mass is 719 g/mol. The molecule has 4 nitrogen and oxygen atoms in total. The molecule has 3 rings (SSSR count). The fourth-order valence-electron chi connectivity index (χ4n) is 7.70. The van der Waals surface area contributed by atoms with Crippen molar-refractivity contribution in [2.45, 2.75) is 194 Å². The second-order valence-electron chi connectivity index (χ2n) is 15.9. The molecule has 1 fully saturated rings. The van der Waals surface area contributed by atoms with Crippen LogP contribution in [0.2, 0.25) is 0 Å². The van der Waals surface area contributed by atoms with Crippen molar-refractivity contribution in [2.75, 3.05) is 49.2 Å². The molecule has 0 unspecified atom stereocenters. The van der Waals surface area contributed by atoms with E-state index in [4.69, 9.17) is 9.47 Å². The second-order valence-corrected chi connectivity index (χ2v) is 15.9. The van der Waals surface area contributed by atoms with Crippen LogP contribution in [0.15, 0.2) is 48.5 Å². The van der Waals surface area contributed by atoms with E-state index in [1.54, 1.807) is 0 Å². The molecule has 0 atom stereocenters. The van der Waals surface area contributed by atoms with Gasteiger partial charge in [0, 0.05) is 37.6 Å². The average molecular weight is 719 g/mol. The van der Waals surface area contributed by atoms with E-state index in [9.17, 15) is 0 Å². The minimum absolute atomic E-state index is 0.833. The molecule has 0 bridgehead atoms. The lowest BCUT2D eigenvalue weighted by Crippen LogP contribution is -2.46. The molecule has 296 valence electrons. The first-order chi connectivity index (χ1) is 25.8. The predicted octanol–water partition coefficient (Wildman–Crippen LogP) is 14.7. The lowest BCUT2D eigenvalue weighted by atomic mass is 10.0. The molecule has 0 aliphatic carbocycles. The van der Waals surface area contributed by atoms with Crippen molar-refractivity contribution >= 4 is 11.4 Å². The van der Waals surface area contributed by atoms with Crippen LogP contribution in [0, 0.1) is 0 Å². The van der Waals surface area contributed by atoms with Gasteiger partial charge in [0.1, 0.15) is 11.5 Å². The van der Waals surface area contributed by atoms with Crippen LogP contribution in [0.1, 0.15) is 194 Å². The Morgan fingerprint density at radius 2 is 0.558 bits per heavy atom. The first-order valence-corrected chi connectivity index (χ1v) is 22.8. The van der Waals surface area contributed by atoms with Gasteiger partial charge < -0.3 is 19.3 Å². The van der Waals surface area contributed by atoms with Crippen molar-refractivity contribution in [3.8, 4) is 11.5 Å². The Balaban J connectivity index is 1.13. The topological polar surface area (TPSA) is 24.9 Å². The maximum atomic E-state index is 6.08. The molecule has 2 aromatic rings. The van der Waals surface area contributed by atoms with Crippen molar-refractivity contribution in [3.63, 3.8) is 0 Å². The Hall–Kier alpha value is -2.36. The molecule has 0 amide bonds. The van der Waals surface area contributed by atoms with E-state index in [0.717, 1.165) is 63.7 Å². The van der Waals surface area contributed by atoms with E-state index < -0.39 is 0 Å². The van der Waals surface area contributed by atoms with E-state index in [0.29, 0.717) is 0 Å². The summed E-state index contributed by atoms with van der Waals surface area (Å²) in [5, 5.41) is 0. The number of nitrogens with zero attached hydrogens (tertiary/aromatic N) is 2. The molecule has 0 N–H and O–H groups in total. The summed E-state index contributed by atoms with van der Waals surface area (Å²) in [5.74, 6) is 2.01.